The molecule has 0 bridgehead atoms. The summed E-state index contributed by atoms with van der Waals surface area (Å²) in [7, 11) is 0. The monoisotopic (exact) mass is 153 g/mol. The van der Waals surface area contributed by atoms with Crippen molar-refractivity contribution in [1.82, 2.24) is 0 Å². The van der Waals surface area contributed by atoms with Gasteiger partial charge in [0.05, 0.1) is 0 Å². The summed E-state index contributed by atoms with van der Waals surface area (Å²) in [6.45, 7) is 0. The van der Waals surface area contributed by atoms with Gasteiger partial charge < -0.3 is 2.85 Å². The second kappa shape index (κ2) is 4.68. The molecule has 5 heavy (non-hydrogen) atoms. The predicted molar refractivity (Wildman–Crippen MR) is 17.6 cm³/mol. The molecule has 5 heteroatoms. The molecule has 0 amide bonds. The van der Waals surface area contributed by atoms with Crippen molar-refractivity contribution in [2.75, 3.05) is 0 Å². The van der Waals surface area contributed by atoms with E-state index in [-0.39, 0.29) is 48.3 Å². The van der Waals surface area contributed by atoms with Gasteiger partial charge in [-0.05, 0) is 0 Å². The molecule has 0 aliphatic rings. The van der Waals surface area contributed by atoms with Gasteiger partial charge in [0.1, 0.15) is 4.91 Å². The largest absolute Gasteiger partial charge is 2.00 e. The van der Waals surface area contributed by atoms with Crippen LogP contribution in [0.25, 0.3) is 0 Å². The van der Waals surface area contributed by atoms with Gasteiger partial charge in [0.25, 0.3) is 0 Å². The Hall–Kier alpha value is 0.681. The summed E-state index contributed by atoms with van der Waals surface area (Å²) < 4.78 is 0. The van der Waals surface area contributed by atoms with E-state index in [2.05, 4.69) is 5.84 Å². The first-order valence-corrected chi connectivity index (χ1v) is 0.641. The summed E-state index contributed by atoms with van der Waals surface area (Å²) in [5.41, 5.74) is 0. The van der Waals surface area contributed by atoms with E-state index < -0.39 is 5.03 Å². The summed E-state index contributed by atoms with van der Waals surface area (Å²) in [6.07, 6.45) is 0. The molecule has 0 heterocycles. The zero-order chi connectivity index (χ0) is 3.58. The van der Waals surface area contributed by atoms with E-state index in [1.54, 1.807) is 0 Å². The summed E-state index contributed by atoms with van der Waals surface area (Å²) in [6, 6.07) is 0. The van der Waals surface area contributed by atoms with Crippen molar-refractivity contribution in [3.8, 4) is 0 Å². The third-order valence-corrected chi connectivity index (χ3v) is 0. The van der Waals surface area contributed by atoms with Gasteiger partial charge in [0, 0.05) is 0 Å². The molecule has 0 fully saturated rings. The Bertz CT molecular complexity index is 36.7. The van der Waals surface area contributed by atoms with Crippen molar-refractivity contribution in [3.05, 3.63) is 4.91 Å². The van der Waals surface area contributed by atoms with Gasteiger partial charge in [-0.1, -0.05) is 0 Å². The third-order valence-electron chi connectivity index (χ3n) is 0. The van der Waals surface area contributed by atoms with Crippen LogP contribution in [-0.2, 0) is 0 Å². The molecule has 0 aromatic carbocycles. The summed E-state index contributed by atoms with van der Waals surface area (Å²) in [5.74, 6) is 3.94. The minimum atomic E-state index is -0.750. The first-order chi connectivity index (χ1) is 1.73. The molecule has 4 nitrogen and oxygen atoms in total. The van der Waals surface area contributed by atoms with Crippen molar-refractivity contribution in [1.29, 1.82) is 0 Å². The van der Waals surface area contributed by atoms with Crippen LogP contribution in [0.5, 0.6) is 0 Å². The van der Waals surface area contributed by atoms with Crippen LogP contribution in [0.1, 0.15) is 2.85 Å². The van der Waals surface area contributed by atoms with Crippen LogP contribution in [0.3, 0.4) is 0 Å². The van der Waals surface area contributed by atoms with Crippen molar-refractivity contribution >= 4 is 45.5 Å². The standard InChI is InChI=1S/H3N2O2.Sr.2H/c1-2(3)4;;;/h1H2,(H,3,4);;;/q+1;+2;2*-1. The zero-order valence-corrected chi connectivity index (χ0v) is 6.06. The minimum absolute atomic E-state index is 0. The van der Waals surface area contributed by atoms with Gasteiger partial charge in [-0.3, -0.25) is 0 Å². The number of hydrazine groups is 1. The van der Waals surface area contributed by atoms with Gasteiger partial charge in [-0.15, -0.1) is 5.84 Å². The van der Waals surface area contributed by atoms with Gasteiger partial charge >= 0.3 is 50.5 Å². The molecule has 0 saturated carbocycles. The summed E-state index contributed by atoms with van der Waals surface area (Å²) in [4.78, 5) is 8.69. The Morgan fingerprint density at radius 2 is 2.00 bits per heavy atom. The molecule has 3 N–H and O–H groups in total. The van der Waals surface area contributed by atoms with E-state index in [1.807, 2.05) is 0 Å². The van der Waals surface area contributed by atoms with Crippen LogP contribution in [0.15, 0.2) is 0 Å². The number of nitrogens with zero attached hydrogens (tertiary/aromatic N) is 1. The Morgan fingerprint density at radius 1 is 2.00 bits per heavy atom. The van der Waals surface area contributed by atoms with Crippen LogP contribution in [0.2, 0.25) is 0 Å². The van der Waals surface area contributed by atoms with Crippen LogP contribution in [0.4, 0.5) is 0 Å². The maximum Gasteiger partial charge on any atom is 2.00 e. The molecule has 0 aromatic heterocycles. The average Bonchev–Trinajstić information content (AvgIpc) is 0.811. The van der Waals surface area contributed by atoms with E-state index >= 15 is 0 Å². The molecular weight excluding hydrogens is 148 g/mol. The second-order valence-electron chi connectivity index (χ2n) is 0.303. The van der Waals surface area contributed by atoms with Crippen molar-refractivity contribution < 1.29 is 13.1 Å². The van der Waals surface area contributed by atoms with Crippen LogP contribution in [0, 0.1) is 4.91 Å². The fourth-order valence-corrected chi connectivity index (χ4v) is 0. The van der Waals surface area contributed by atoms with E-state index in [9.17, 15) is 0 Å². The molecule has 0 spiro atoms. The van der Waals surface area contributed by atoms with E-state index in [0.29, 0.717) is 0 Å². The molecular formula is H5N2O2Sr+. The van der Waals surface area contributed by atoms with Gasteiger partial charge in [0.2, 0.25) is 0 Å². The molecule has 0 saturated heterocycles. The number of nitrogens with two attached hydrogens (primary N) is 1. The molecule has 0 aliphatic heterocycles. The smallest absolute Gasteiger partial charge is 1.00 e. The SMILES string of the molecule is N[N+](=O)O.[H-].[H-].[Sr+2]. The van der Waals surface area contributed by atoms with E-state index in [4.69, 9.17) is 10.1 Å². The molecule has 0 rings (SSSR count). The maximum absolute atomic E-state index is 8.69. The minimum Gasteiger partial charge on any atom is -1.00 e. The topological polar surface area (TPSA) is 66.3 Å². The van der Waals surface area contributed by atoms with Crippen LogP contribution >= 0.6 is 0 Å². The van der Waals surface area contributed by atoms with Gasteiger partial charge in [0.15, 0.2) is 0 Å². The van der Waals surface area contributed by atoms with Crippen molar-refractivity contribution in [2.45, 2.75) is 0 Å². The Balaban J connectivity index is -0.0000000150. The Kier molecular flexibility index (Phi) is 8.60. The third kappa shape index (κ3) is 72.6. The Morgan fingerprint density at radius 3 is 2.00 bits per heavy atom. The van der Waals surface area contributed by atoms with Gasteiger partial charge in [-0.25, -0.2) is 5.21 Å². The molecule has 0 aromatic rings. The molecule has 28 valence electrons. The predicted octanol–water partition coefficient (Wildman–Crippen LogP) is -1.13. The fourth-order valence-electron chi connectivity index (χ4n) is 0. The number of hydrogen-bond donors (Lipinski definition) is 2. The number of rotatable bonds is 0. The quantitative estimate of drug-likeness (QED) is 0.262. The van der Waals surface area contributed by atoms with E-state index in [1.165, 1.54) is 0 Å². The Labute approximate surface area is 68.7 Å². The summed E-state index contributed by atoms with van der Waals surface area (Å²) >= 11 is 0. The average molecular weight is 153 g/mol. The first-order valence-electron chi connectivity index (χ1n) is 0.641. The van der Waals surface area contributed by atoms with Crippen molar-refractivity contribution in [3.63, 3.8) is 0 Å². The zero-order valence-electron chi connectivity index (χ0n) is 4.59. The van der Waals surface area contributed by atoms with Gasteiger partial charge in [-0.2, -0.15) is 0 Å². The molecule has 0 unspecified atom stereocenters. The van der Waals surface area contributed by atoms with Crippen LogP contribution < -0.4 is 5.84 Å². The molecule has 0 atom stereocenters. The normalized spacial score (nSPS) is 4.80. The maximum atomic E-state index is 8.69. The fraction of sp³-hybridized carbons (Fsp3) is 0. The van der Waals surface area contributed by atoms with Crippen LogP contribution in [-0.4, -0.2) is 55.7 Å². The first kappa shape index (κ1) is 9.19. The second-order valence-corrected chi connectivity index (χ2v) is 0.303. The molecule has 0 radical (unpaired) electrons. The summed E-state index contributed by atoms with van der Waals surface area (Å²) in [5, 5.41) is 6.36. The van der Waals surface area contributed by atoms with Crippen molar-refractivity contribution in [2.24, 2.45) is 5.84 Å². The van der Waals surface area contributed by atoms with E-state index in [0.717, 1.165) is 0 Å². The number of hydrogen-bond acceptors (Lipinski definition) is 1. The molecule has 0 aliphatic carbocycles.